The van der Waals surface area contributed by atoms with E-state index in [2.05, 4.69) is 61.9 Å². The van der Waals surface area contributed by atoms with Crippen LogP contribution in [0.2, 0.25) is 0 Å². The first-order valence-corrected chi connectivity index (χ1v) is 7.49. The predicted octanol–water partition coefficient (Wildman–Crippen LogP) is 4.28. The maximum Gasteiger partial charge on any atom is 0.0457 e. The molecule has 92 valence electrons. The monoisotopic (exact) mass is 320 g/mol. The second kappa shape index (κ2) is 5.26. The molecule has 2 N–H and O–H groups in total. The summed E-state index contributed by atoms with van der Waals surface area (Å²) in [6, 6.07) is 10.6. The van der Waals surface area contributed by atoms with Crippen LogP contribution >= 0.6 is 27.3 Å². The normalized spacial score (nSPS) is 11.2. The number of nitrogens with one attached hydrogen (secondary N) is 2. The fourth-order valence-electron chi connectivity index (χ4n) is 2.07. The standard InChI is InChI=1S/C14H13BrN2S/c15-12-5-7-18-14(12)9-16-8-10-2-1-3-13-11(10)4-6-17-13/h1-7,16-17H,8-9H2. The van der Waals surface area contributed by atoms with Gasteiger partial charge in [-0.05, 0) is 45.1 Å². The molecule has 3 aromatic rings. The average Bonchev–Trinajstić information content (AvgIpc) is 2.99. The Labute approximate surface area is 118 Å². The highest BCUT2D eigenvalue weighted by atomic mass is 79.9. The molecule has 0 aliphatic heterocycles. The molecule has 2 heterocycles. The molecule has 4 heteroatoms. The van der Waals surface area contributed by atoms with Crippen LogP contribution in [0, 0.1) is 0 Å². The number of H-pyrrole nitrogens is 1. The van der Waals surface area contributed by atoms with Gasteiger partial charge in [0, 0.05) is 39.5 Å². The van der Waals surface area contributed by atoms with Gasteiger partial charge in [-0.15, -0.1) is 11.3 Å². The molecule has 0 saturated heterocycles. The van der Waals surface area contributed by atoms with Crippen LogP contribution in [0.25, 0.3) is 10.9 Å². The number of aromatic nitrogens is 1. The molecular weight excluding hydrogens is 308 g/mol. The highest BCUT2D eigenvalue weighted by Crippen LogP contribution is 2.22. The van der Waals surface area contributed by atoms with E-state index < -0.39 is 0 Å². The van der Waals surface area contributed by atoms with E-state index in [1.807, 2.05) is 6.20 Å². The summed E-state index contributed by atoms with van der Waals surface area (Å²) < 4.78 is 1.19. The molecule has 18 heavy (non-hydrogen) atoms. The van der Waals surface area contributed by atoms with Crippen LogP contribution in [-0.4, -0.2) is 4.98 Å². The second-order valence-electron chi connectivity index (χ2n) is 4.15. The zero-order valence-corrected chi connectivity index (χ0v) is 12.1. The van der Waals surface area contributed by atoms with E-state index in [1.165, 1.54) is 25.8 Å². The Morgan fingerprint density at radius 2 is 2.11 bits per heavy atom. The lowest BCUT2D eigenvalue weighted by Gasteiger charge is -2.05. The van der Waals surface area contributed by atoms with Gasteiger partial charge in [-0.25, -0.2) is 0 Å². The summed E-state index contributed by atoms with van der Waals surface area (Å²) >= 11 is 5.33. The van der Waals surface area contributed by atoms with Crippen LogP contribution in [0.3, 0.4) is 0 Å². The molecule has 0 unspecified atom stereocenters. The van der Waals surface area contributed by atoms with Gasteiger partial charge < -0.3 is 10.3 Å². The van der Waals surface area contributed by atoms with Crippen LogP contribution in [0.15, 0.2) is 46.4 Å². The van der Waals surface area contributed by atoms with Gasteiger partial charge in [0.1, 0.15) is 0 Å². The first-order chi connectivity index (χ1) is 8.84. The number of hydrogen-bond donors (Lipinski definition) is 2. The smallest absolute Gasteiger partial charge is 0.0457 e. The summed E-state index contributed by atoms with van der Waals surface area (Å²) in [6.45, 7) is 1.79. The Balaban J connectivity index is 1.70. The first-order valence-electron chi connectivity index (χ1n) is 5.82. The van der Waals surface area contributed by atoms with Gasteiger partial charge in [0.05, 0.1) is 0 Å². The van der Waals surface area contributed by atoms with Gasteiger partial charge in [0.15, 0.2) is 0 Å². The zero-order chi connectivity index (χ0) is 12.4. The summed E-state index contributed by atoms with van der Waals surface area (Å²) in [7, 11) is 0. The van der Waals surface area contributed by atoms with Gasteiger partial charge in [0.2, 0.25) is 0 Å². The molecule has 1 aromatic carbocycles. The van der Waals surface area contributed by atoms with Crippen molar-refractivity contribution in [3.63, 3.8) is 0 Å². The van der Waals surface area contributed by atoms with Crippen molar-refractivity contribution < 1.29 is 0 Å². The molecular formula is C14H13BrN2S. The molecule has 0 aliphatic carbocycles. The fraction of sp³-hybridized carbons (Fsp3) is 0.143. The molecule has 0 atom stereocenters. The number of halogens is 1. The van der Waals surface area contributed by atoms with E-state index >= 15 is 0 Å². The van der Waals surface area contributed by atoms with E-state index in [0.29, 0.717) is 0 Å². The van der Waals surface area contributed by atoms with E-state index in [-0.39, 0.29) is 0 Å². The lowest BCUT2D eigenvalue weighted by Crippen LogP contribution is -2.12. The minimum Gasteiger partial charge on any atom is -0.361 e. The van der Waals surface area contributed by atoms with E-state index in [4.69, 9.17) is 0 Å². The van der Waals surface area contributed by atoms with Crippen LogP contribution in [0.1, 0.15) is 10.4 Å². The number of rotatable bonds is 4. The van der Waals surface area contributed by atoms with Crippen molar-refractivity contribution >= 4 is 38.2 Å². The van der Waals surface area contributed by atoms with Crippen LogP contribution in [0.4, 0.5) is 0 Å². The molecule has 0 amide bonds. The number of hydrogen-bond acceptors (Lipinski definition) is 2. The first kappa shape index (κ1) is 12.0. The Kier molecular flexibility index (Phi) is 3.50. The Bertz CT molecular complexity index is 656. The van der Waals surface area contributed by atoms with Crippen molar-refractivity contribution in [2.75, 3.05) is 0 Å². The largest absolute Gasteiger partial charge is 0.361 e. The molecule has 2 nitrogen and oxygen atoms in total. The Morgan fingerprint density at radius 1 is 1.17 bits per heavy atom. The van der Waals surface area contributed by atoms with Gasteiger partial charge >= 0.3 is 0 Å². The zero-order valence-electron chi connectivity index (χ0n) is 9.74. The molecule has 0 fully saturated rings. The fourth-order valence-corrected chi connectivity index (χ4v) is 3.53. The molecule has 2 aromatic heterocycles. The summed E-state index contributed by atoms with van der Waals surface area (Å²) in [5.41, 5.74) is 2.54. The SMILES string of the molecule is Brc1ccsc1CNCc1cccc2[nH]ccc12. The number of fused-ring (bicyclic) bond motifs is 1. The average molecular weight is 321 g/mol. The maximum absolute atomic E-state index is 3.55. The Morgan fingerprint density at radius 3 is 2.94 bits per heavy atom. The van der Waals surface area contributed by atoms with Crippen molar-refractivity contribution in [1.82, 2.24) is 10.3 Å². The molecule has 0 bridgehead atoms. The van der Waals surface area contributed by atoms with Crippen LogP contribution < -0.4 is 5.32 Å². The van der Waals surface area contributed by atoms with Crippen molar-refractivity contribution in [3.05, 3.63) is 56.8 Å². The number of thiophene rings is 1. The summed E-state index contributed by atoms with van der Waals surface area (Å²) in [6.07, 6.45) is 1.99. The highest BCUT2D eigenvalue weighted by molar-refractivity contribution is 9.10. The van der Waals surface area contributed by atoms with Crippen molar-refractivity contribution in [2.45, 2.75) is 13.1 Å². The van der Waals surface area contributed by atoms with Crippen molar-refractivity contribution in [3.8, 4) is 0 Å². The topological polar surface area (TPSA) is 27.8 Å². The second-order valence-corrected chi connectivity index (χ2v) is 6.01. The summed E-state index contributed by atoms with van der Waals surface area (Å²) in [5, 5.41) is 6.90. The highest BCUT2D eigenvalue weighted by Gasteiger charge is 2.03. The van der Waals surface area contributed by atoms with Gasteiger partial charge in [-0.3, -0.25) is 0 Å². The molecule has 0 aliphatic rings. The Hall–Kier alpha value is -1.10. The summed E-state index contributed by atoms with van der Waals surface area (Å²) in [5.74, 6) is 0. The van der Waals surface area contributed by atoms with Crippen molar-refractivity contribution in [1.29, 1.82) is 0 Å². The van der Waals surface area contributed by atoms with E-state index in [1.54, 1.807) is 11.3 Å². The molecule has 0 radical (unpaired) electrons. The number of benzene rings is 1. The lowest BCUT2D eigenvalue weighted by atomic mass is 10.1. The predicted molar refractivity (Wildman–Crippen MR) is 80.9 cm³/mol. The molecule has 0 spiro atoms. The third-order valence-corrected chi connectivity index (χ3v) is 4.90. The quantitative estimate of drug-likeness (QED) is 0.737. The van der Waals surface area contributed by atoms with Crippen molar-refractivity contribution in [2.24, 2.45) is 0 Å². The molecule has 0 saturated carbocycles. The maximum atomic E-state index is 3.55. The number of aromatic amines is 1. The van der Waals surface area contributed by atoms with E-state index in [9.17, 15) is 0 Å². The minimum absolute atomic E-state index is 0.888. The van der Waals surface area contributed by atoms with Gasteiger partial charge in [0.25, 0.3) is 0 Å². The third kappa shape index (κ3) is 2.36. The summed E-state index contributed by atoms with van der Waals surface area (Å²) in [4.78, 5) is 4.58. The van der Waals surface area contributed by atoms with Gasteiger partial charge in [-0.1, -0.05) is 12.1 Å². The van der Waals surface area contributed by atoms with E-state index in [0.717, 1.165) is 13.1 Å². The minimum atomic E-state index is 0.888. The van der Waals surface area contributed by atoms with Crippen LogP contribution in [0.5, 0.6) is 0 Å². The third-order valence-electron chi connectivity index (χ3n) is 2.98. The molecule has 3 rings (SSSR count). The lowest BCUT2D eigenvalue weighted by molar-refractivity contribution is 0.703. The van der Waals surface area contributed by atoms with Crippen LogP contribution in [-0.2, 0) is 13.1 Å². The van der Waals surface area contributed by atoms with Gasteiger partial charge in [-0.2, -0.15) is 0 Å².